The molecule has 0 aliphatic carbocycles. The topological polar surface area (TPSA) is 65.0 Å². The van der Waals surface area contributed by atoms with Crippen LogP contribution < -0.4 is 14.2 Å². The first-order valence-corrected chi connectivity index (χ1v) is 8.87. The maximum atomic E-state index is 11.0. The van der Waals surface area contributed by atoms with Crippen LogP contribution in [0.2, 0.25) is 0 Å². The molecular weight excluding hydrogens is 344 g/mol. The number of carboxylic acids is 1. The van der Waals surface area contributed by atoms with Crippen molar-refractivity contribution in [2.75, 3.05) is 19.8 Å². The Bertz CT molecular complexity index is 805. The molecule has 140 valence electrons. The van der Waals surface area contributed by atoms with E-state index in [2.05, 4.69) is 11.8 Å². The SMILES string of the molecule is CC#C[C@@H](CC(=O)O)c1ccc(OCC2COc3ccccc3OC2)cc1. The Hall–Kier alpha value is -3.13. The van der Waals surface area contributed by atoms with Crippen LogP contribution in [0.25, 0.3) is 0 Å². The van der Waals surface area contributed by atoms with Crippen LogP contribution >= 0.6 is 0 Å². The van der Waals surface area contributed by atoms with Crippen molar-refractivity contribution in [3.8, 4) is 29.1 Å². The average Bonchev–Trinajstić information content (AvgIpc) is 2.89. The third-order valence-electron chi connectivity index (χ3n) is 4.26. The molecule has 5 heteroatoms. The third-order valence-corrected chi connectivity index (χ3v) is 4.26. The van der Waals surface area contributed by atoms with Crippen LogP contribution in [-0.2, 0) is 4.79 Å². The van der Waals surface area contributed by atoms with Gasteiger partial charge in [-0.15, -0.1) is 5.92 Å². The average molecular weight is 366 g/mol. The predicted octanol–water partition coefficient (Wildman–Crippen LogP) is 3.73. The zero-order valence-electron chi connectivity index (χ0n) is 15.2. The van der Waals surface area contributed by atoms with Crippen LogP contribution in [0, 0.1) is 17.8 Å². The largest absolute Gasteiger partial charge is 0.493 e. The monoisotopic (exact) mass is 366 g/mol. The fourth-order valence-corrected chi connectivity index (χ4v) is 2.86. The summed E-state index contributed by atoms with van der Waals surface area (Å²) in [7, 11) is 0. The standard InChI is InChI=1S/C22H22O5/c1-2-5-18(12-22(23)24)17-8-10-19(11-9-17)25-13-16-14-26-20-6-3-4-7-21(20)27-15-16/h3-4,6-11,16,18H,12-15H2,1H3,(H,23,24)/t18-/m0/s1. The molecule has 0 radical (unpaired) electrons. The lowest BCUT2D eigenvalue weighted by Crippen LogP contribution is -2.23. The van der Waals surface area contributed by atoms with Gasteiger partial charge in [-0.05, 0) is 36.8 Å². The number of ether oxygens (including phenoxy) is 3. The smallest absolute Gasteiger partial charge is 0.304 e. The van der Waals surface area contributed by atoms with Gasteiger partial charge in [0, 0.05) is 0 Å². The molecule has 0 bridgehead atoms. The fourth-order valence-electron chi connectivity index (χ4n) is 2.86. The van der Waals surface area contributed by atoms with Crippen LogP contribution in [0.15, 0.2) is 48.5 Å². The highest BCUT2D eigenvalue weighted by Gasteiger charge is 2.19. The molecule has 0 fully saturated rings. The molecule has 0 saturated carbocycles. The molecule has 5 nitrogen and oxygen atoms in total. The molecule has 2 aromatic rings. The van der Waals surface area contributed by atoms with Crippen molar-refractivity contribution >= 4 is 5.97 Å². The summed E-state index contributed by atoms with van der Waals surface area (Å²) in [6, 6.07) is 15.0. The van der Waals surface area contributed by atoms with Crippen molar-refractivity contribution in [2.24, 2.45) is 5.92 Å². The molecule has 0 amide bonds. The minimum Gasteiger partial charge on any atom is -0.493 e. The van der Waals surface area contributed by atoms with E-state index in [1.54, 1.807) is 6.92 Å². The van der Waals surface area contributed by atoms with E-state index in [1.807, 2.05) is 48.5 Å². The van der Waals surface area contributed by atoms with Crippen molar-refractivity contribution in [1.82, 2.24) is 0 Å². The number of para-hydroxylation sites is 2. The number of aliphatic carboxylic acids is 1. The number of carbonyl (C=O) groups is 1. The Labute approximate surface area is 158 Å². The maximum Gasteiger partial charge on any atom is 0.304 e. The second-order valence-corrected chi connectivity index (χ2v) is 6.36. The van der Waals surface area contributed by atoms with Gasteiger partial charge in [-0.25, -0.2) is 0 Å². The Morgan fingerprint density at radius 3 is 2.33 bits per heavy atom. The molecule has 3 rings (SSSR count). The third kappa shape index (κ3) is 5.18. The summed E-state index contributed by atoms with van der Waals surface area (Å²) in [6.07, 6.45) is -0.0155. The normalized spacial score (nSPS) is 14.4. The van der Waals surface area contributed by atoms with E-state index in [9.17, 15) is 4.79 Å². The maximum absolute atomic E-state index is 11.0. The van der Waals surface area contributed by atoms with Gasteiger partial charge < -0.3 is 19.3 Å². The van der Waals surface area contributed by atoms with E-state index in [-0.39, 0.29) is 18.3 Å². The summed E-state index contributed by atoms with van der Waals surface area (Å²) >= 11 is 0. The van der Waals surface area contributed by atoms with Crippen LogP contribution in [0.1, 0.15) is 24.8 Å². The van der Waals surface area contributed by atoms with Gasteiger partial charge in [0.25, 0.3) is 0 Å². The van der Waals surface area contributed by atoms with Gasteiger partial charge in [-0.3, -0.25) is 4.79 Å². The minimum absolute atomic E-state index is 0.0155. The molecule has 0 aromatic heterocycles. The quantitative estimate of drug-likeness (QED) is 0.789. The second kappa shape index (κ2) is 9.00. The van der Waals surface area contributed by atoms with Gasteiger partial charge in [-0.2, -0.15) is 0 Å². The molecule has 0 saturated heterocycles. The van der Waals surface area contributed by atoms with E-state index in [0.29, 0.717) is 19.8 Å². The molecule has 2 aromatic carbocycles. The molecule has 1 aliphatic rings. The van der Waals surface area contributed by atoms with Crippen molar-refractivity contribution in [3.05, 3.63) is 54.1 Å². The first-order chi connectivity index (χ1) is 13.2. The van der Waals surface area contributed by atoms with Crippen molar-refractivity contribution < 1.29 is 24.1 Å². The van der Waals surface area contributed by atoms with E-state index in [0.717, 1.165) is 22.8 Å². The highest BCUT2D eigenvalue weighted by atomic mass is 16.5. The van der Waals surface area contributed by atoms with Crippen LogP contribution in [0.5, 0.6) is 17.2 Å². The van der Waals surface area contributed by atoms with E-state index >= 15 is 0 Å². The summed E-state index contributed by atoms with van der Waals surface area (Å²) in [5.74, 6) is 6.91. The number of hydrogen-bond donors (Lipinski definition) is 1. The van der Waals surface area contributed by atoms with E-state index in [4.69, 9.17) is 19.3 Å². The lowest BCUT2D eigenvalue weighted by atomic mass is 9.96. The summed E-state index contributed by atoms with van der Waals surface area (Å²) < 4.78 is 17.4. The number of benzene rings is 2. The van der Waals surface area contributed by atoms with E-state index in [1.165, 1.54) is 0 Å². The first-order valence-electron chi connectivity index (χ1n) is 8.87. The molecule has 0 spiro atoms. The molecule has 1 heterocycles. The minimum atomic E-state index is -0.863. The van der Waals surface area contributed by atoms with E-state index < -0.39 is 5.97 Å². The number of carboxylic acid groups (broad SMARTS) is 1. The first kappa shape index (κ1) is 18.7. The Morgan fingerprint density at radius 1 is 1.15 bits per heavy atom. The summed E-state index contributed by atoms with van der Waals surface area (Å²) in [4.78, 5) is 11.0. The zero-order valence-corrected chi connectivity index (χ0v) is 15.2. The van der Waals surface area contributed by atoms with Crippen molar-refractivity contribution in [3.63, 3.8) is 0 Å². The Balaban J connectivity index is 1.56. The molecule has 1 N–H and O–H groups in total. The molecule has 1 atom stereocenters. The predicted molar refractivity (Wildman–Crippen MR) is 101 cm³/mol. The fraction of sp³-hybridized carbons (Fsp3) is 0.318. The van der Waals surface area contributed by atoms with Crippen LogP contribution in [-0.4, -0.2) is 30.9 Å². The second-order valence-electron chi connectivity index (χ2n) is 6.36. The highest BCUT2D eigenvalue weighted by Crippen LogP contribution is 2.30. The molecule has 27 heavy (non-hydrogen) atoms. The van der Waals surface area contributed by atoms with Gasteiger partial charge in [0.05, 0.1) is 38.1 Å². The van der Waals surface area contributed by atoms with Crippen LogP contribution in [0.3, 0.4) is 0 Å². The number of rotatable bonds is 6. The summed E-state index contributed by atoms with van der Waals surface area (Å²) in [5.41, 5.74) is 0.871. The molecule has 1 aliphatic heterocycles. The summed E-state index contributed by atoms with van der Waals surface area (Å²) in [5, 5.41) is 9.03. The lowest BCUT2D eigenvalue weighted by molar-refractivity contribution is -0.137. The van der Waals surface area contributed by atoms with Gasteiger partial charge in [0.15, 0.2) is 11.5 Å². The lowest BCUT2D eigenvalue weighted by Gasteiger charge is -2.15. The Morgan fingerprint density at radius 2 is 1.78 bits per heavy atom. The van der Waals surface area contributed by atoms with Gasteiger partial charge in [0.1, 0.15) is 5.75 Å². The van der Waals surface area contributed by atoms with Gasteiger partial charge >= 0.3 is 5.97 Å². The highest BCUT2D eigenvalue weighted by molar-refractivity contribution is 5.69. The summed E-state index contributed by atoms with van der Waals surface area (Å²) in [6.45, 7) is 3.24. The zero-order chi connectivity index (χ0) is 19.1. The van der Waals surface area contributed by atoms with Gasteiger partial charge in [-0.1, -0.05) is 30.2 Å². The number of fused-ring (bicyclic) bond motifs is 1. The Kier molecular flexibility index (Phi) is 6.22. The van der Waals surface area contributed by atoms with Crippen molar-refractivity contribution in [1.29, 1.82) is 0 Å². The molecule has 0 unspecified atom stereocenters. The number of hydrogen-bond acceptors (Lipinski definition) is 4. The van der Waals surface area contributed by atoms with Crippen molar-refractivity contribution in [2.45, 2.75) is 19.3 Å². The van der Waals surface area contributed by atoms with Crippen LogP contribution in [0.4, 0.5) is 0 Å². The van der Waals surface area contributed by atoms with Gasteiger partial charge in [0.2, 0.25) is 0 Å². The molecular formula is C22H22O5.